The zero-order chi connectivity index (χ0) is 10.8. The van der Waals surface area contributed by atoms with Gasteiger partial charge in [-0.3, -0.25) is 0 Å². The average Bonchev–Trinajstić information content (AvgIpc) is 2.75. The molecule has 1 unspecified atom stereocenters. The average molecular weight is 352 g/mol. The number of aliphatic hydroxyl groups is 1. The van der Waals surface area contributed by atoms with E-state index < -0.39 is 6.10 Å². The molecule has 5 heteroatoms. The molecule has 0 aliphatic rings. The van der Waals surface area contributed by atoms with E-state index in [-0.39, 0.29) is 0 Å². The maximum atomic E-state index is 9.98. The normalized spacial score (nSPS) is 13.0. The first-order chi connectivity index (χ1) is 7.16. The second kappa shape index (κ2) is 4.82. The minimum atomic E-state index is -0.534. The highest BCUT2D eigenvalue weighted by atomic mass is 79.9. The molecule has 0 aromatic carbocycles. The fourth-order valence-electron chi connectivity index (χ4n) is 1.31. The Morgan fingerprint density at radius 2 is 2.27 bits per heavy atom. The molecule has 2 heterocycles. The number of aliphatic hydroxyl groups excluding tert-OH is 1. The van der Waals surface area contributed by atoms with Crippen LogP contribution in [0.4, 0.5) is 0 Å². The van der Waals surface area contributed by atoms with Crippen molar-refractivity contribution in [3.8, 4) is 0 Å². The number of hydrogen-bond acceptors (Lipinski definition) is 3. The fraction of sp³-hybridized carbons (Fsp3) is 0.200. The molecule has 0 aliphatic heterocycles. The first-order valence-electron chi connectivity index (χ1n) is 4.32. The molecule has 2 nitrogen and oxygen atoms in total. The Kier molecular flexibility index (Phi) is 3.66. The van der Waals surface area contributed by atoms with E-state index in [1.807, 2.05) is 18.2 Å². The summed E-state index contributed by atoms with van der Waals surface area (Å²) in [6, 6.07) is 5.60. The second-order valence-electron chi connectivity index (χ2n) is 3.08. The molecule has 0 radical (unpaired) electrons. The molecular formula is C10H8Br2O2S. The smallest absolute Gasteiger partial charge is 0.106 e. The SMILES string of the molecule is OC(Cc1ccco1)c1cc(Br)sc1Br. The van der Waals surface area contributed by atoms with Crippen LogP contribution in [0.15, 0.2) is 36.5 Å². The van der Waals surface area contributed by atoms with Crippen molar-refractivity contribution in [2.45, 2.75) is 12.5 Å². The van der Waals surface area contributed by atoms with E-state index in [9.17, 15) is 5.11 Å². The van der Waals surface area contributed by atoms with Crippen molar-refractivity contribution in [2.75, 3.05) is 0 Å². The summed E-state index contributed by atoms with van der Waals surface area (Å²) in [5.74, 6) is 0.789. The molecule has 2 rings (SSSR count). The van der Waals surface area contributed by atoms with Gasteiger partial charge in [0, 0.05) is 12.0 Å². The quantitative estimate of drug-likeness (QED) is 0.901. The number of thiophene rings is 1. The topological polar surface area (TPSA) is 33.4 Å². The van der Waals surface area contributed by atoms with Crippen molar-refractivity contribution in [2.24, 2.45) is 0 Å². The van der Waals surface area contributed by atoms with Gasteiger partial charge in [0.2, 0.25) is 0 Å². The van der Waals surface area contributed by atoms with Crippen molar-refractivity contribution in [3.63, 3.8) is 0 Å². The molecule has 1 N–H and O–H groups in total. The van der Waals surface area contributed by atoms with Crippen molar-refractivity contribution in [3.05, 3.63) is 43.4 Å². The lowest BCUT2D eigenvalue weighted by molar-refractivity contribution is 0.170. The van der Waals surface area contributed by atoms with E-state index in [1.165, 1.54) is 0 Å². The minimum Gasteiger partial charge on any atom is -0.469 e. The third kappa shape index (κ3) is 2.72. The van der Waals surface area contributed by atoms with E-state index in [1.54, 1.807) is 17.6 Å². The number of furan rings is 1. The van der Waals surface area contributed by atoms with Crippen LogP contribution in [0, 0.1) is 0 Å². The largest absolute Gasteiger partial charge is 0.469 e. The van der Waals surface area contributed by atoms with Crippen LogP contribution >= 0.6 is 43.2 Å². The predicted octanol–water partition coefficient (Wildman–Crippen LogP) is 4.14. The summed E-state index contributed by atoms with van der Waals surface area (Å²) in [6.07, 6.45) is 1.57. The Morgan fingerprint density at radius 3 is 2.80 bits per heavy atom. The third-order valence-electron chi connectivity index (χ3n) is 2.02. The monoisotopic (exact) mass is 350 g/mol. The van der Waals surface area contributed by atoms with Crippen LogP contribution in [0.3, 0.4) is 0 Å². The third-order valence-corrected chi connectivity index (χ3v) is 4.40. The number of rotatable bonds is 3. The Hall–Kier alpha value is -0.100. The summed E-state index contributed by atoms with van der Waals surface area (Å²) in [6.45, 7) is 0. The Morgan fingerprint density at radius 1 is 1.47 bits per heavy atom. The van der Waals surface area contributed by atoms with E-state index in [0.29, 0.717) is 6.42 Å². The van der Waals surface area contributed by atoms with Gasteiger partial charge in [0.05, 0.1) is 19.9 Å². The lowest BCUT2D eigenvalue weighted by Crippen LogP contribution is -1.99. The van der Waals surface area contributed by atoms with Crippen molar-refractivity contribution < 1.29 is 9.52 Å². The van der Waals surface area contributed by atoms with Crippen LogP contribution in [-0.4, -0.2) is 5.11 Å². The molecule has 0 amide bonds. The van der Waals surface area contributed by atoms with Crippen LogP contribution in [-0.2, 0) is 6.42 Å². The van der Waals surface area contributed by atoms with Gasteiger partial charge in [-0.15, -0.1) is 11.3 Å². The van der Waals surface area contributed by atoms with Gasteiger partial charge in [0.1, 0.15) is 5.76 Å². The van der Waals surface area contributed by atoms with Crippen LogP contribution in [0.1, 0.15) is 17.4 Å². The maximum Gasteiger partial charge on any atom is 0.106 e. The molecule has 2 aromatic heterocycles. The van der Waals surface area contributed by atoms with Crippen molar-refractivity contribution in [1.29, 1.82) is 0 Å². The molecule has 0 aliphatic carbocycles. The summed E-state index contributed by atoms with van der Waals surface area (Å²) >= 11 is 8.36. The van der Waals surface area contributed by atoms with E-state index in [0.717, 1.165) is 18.9 Å². The molecule has 0 spiro atoms. The summed E-state index contributed by atoms with van der Waals surface area (Å²) in [5.41, 5.74) is 0.892. The summed E-state index contributed by atoms with van der Waals surface area (Å²) < 4.78 is 7.14. The minimum absolute atomic E-state index is 0.495. The highest BCUT2D eigenvalue weighted by Gasteiger charge is 2.16. The van der Waals surface area contributed by atoms with Gasteiger partial charge in [-0.05, 0) is 50.1 Å². The van der Waals surface area contributed by atoms with Crippen LogP contribution in [0.2, 0.25) is 0 Å². The first-order valence-corrected chi connectivity index (χ1v) is 6.72. The molecule has 0 fully saturated rings. The van der Waals surface area contributed by atoms with E-state index in [2.05, 4.69) is 31.9 Å². The van der Waals surface area contributed by atoms with Crippen LogP contribution in [0.5, 0.6) is 0 Å². The van der Waals surface area contributed by atoms with Crippen LogP contribution in [0.25, 0.3) is 0 Å². The van der Waals surface area contributed by atoms with Gasteiger partial charge in [-0.2, -0.15) is 0 Å². The predicted molar refractivity (Wildman–Crippen MR) is 67.1 cm³/mol. The molecule has 2 aromatic rings. The molecule has 0 saturated carbocycles. The molecule has 0 saturated heterocycles. The van der Waals surface area contributed by atoms with Crippen molar-refractivity contribution >= 4 is 43.2 Å². The fourth-order valence-corrected chi connectivity index (χ4v) is 4.27. The molecular weight excluding hydrogens is 344 g/mol. The highest BCUT2D eigenvalue weighted by molar-refractivity contribution is 9.12. The van der Waals surface area contributed by atoms with Gasteiger partial charge >= 0.3 is 0 Å². The lowest BCUT2D eigenvalue weighted by atomic mass is 10.1. The molecule has 80 valence electrons. The summed E-state index contributed by atoms with van der Waals surface area (Å²) in [7, 11) is 0. The molecule has 1 atom stereocenters. The Bertz CT molecular complexity index is 436. The summed E-state index contributed by atoms with van der Waals surface area (Å²) in [5, 5.41) is 9.98. The second-order valence-corrected chi connectivity index (χ2v) is 6.83. The Labute approximate surface area is 108 Å². The number of halogens is 2. The van der Waals surface area contributed by atoms with Gasteiger partial charge in [-0.25, -0.2) is 0 Å². The number of hydrogen-bond donors (Lipinski definition) is 1. The highest BCUT2D eigenvalue weighted by Crippen LogP contribution is 2.36. The molecule has 0 bridgehead atoms. The van der Waals surface area contributed by atoms with Crippen molar-refractivity contribution in [1.82, 2.24) is 0 Å². The van der Waals surface area contributed by atoms with Gasteiger partial charge in [0.15, 0.2) is 0 Å². The van der Waals surface area contributed by atoms with Crippen LogP contribution < -0.4 is 0 Å². The van der Waals surface area contributed by atoms with Gasteiger partial charge in [0.25, 0.3) is 0 Å². The zero-order valence-electron chi connectivity index (χ0n) is 7.61. The lowest BCUT2D eigenvalue weighted by Gasteiger charge is -2.07. The molecule has 15 heavy (non-hydrogen) atoms. The van der Waals surface area contributed by atoms with Gasteiger partial charge in [-0.1, -0.05) is 0 Å². The maximum absolute atomic E-state index is 9.98. The van der Waals surface area contributed by atoms with E-state index in [4.69, 9.17) is 4.42 Å². The first kappa shape index (κ1) is 11.4. The summed E-state index contributed by atoms with van der Waals surface area (Å²) in [4.78, 5) is 0. The Balaban J connectivity index is 2.14. The standard InChI is InChI=1S/C10H8Br2O2S/c11-9-5-7(10(12)15-9)8(13)4-6-2-1-3-14-6/h1-3,5,8,13H,4H2. The van der Waals surface area contributed by atoms with Gasteiger partial charge < -0.3 is 9.52 Å². The van der Waals surface area contributed by atoms with E-state index >= 15 is 0 Å². The zero-order valence-corrected chi connectivity index (χ0v) is 11.6.